The largest absolute Gasteiger partial charge is 0.481 e. The van der Waals surface area contributed by atoms with Crippen LogP contribution in [0.2, 0.25) is 0 Å². The van der Waals surface area contributed by atoms with E-state index in [0.717, 1.165) is 18.7 Å². The zero-order chi connectivity index (χ0) is 18.1. The van der Waals surface area contributed by atoms with E-state index in [0.29, 0.717) is 0 Å². The molecule has 1 amide bonds. The first kappa shape index (κ1) is 17.3. The van der Waals surface area contributed by atoms with E-state index in [2.05, 4.69) is 29.0 Å². The summed E-state index contributed by atoms with van der Waals surface area (Å²) in [6.45, 7) is 4.61. The van der Waals surface area contributed by atoms with Gasteiger partial charge >= 0.3 is 0 Å². The lowest BCUT2D eigenvalue weighted by atomic mass is 9.98. The number of carbonyl (C=O) groups excluding carboxylic acids is 1. The number of rotatable bonds is 4. The lowest BCUT2D eigenvalue weighted by molar-refractivity contribution is -0.140. The van der Waals surface area contributed by atoms with Crippen molar-refractivity contribution >= 4 is 28.6 Å². The third-order valence-electron chi connectivity index (χ3n) is 4.74. The topological polar surface area (TPSA) is 29.5 Å². The lowest BCUT2D eigenvalue weighted by Gasteiger charge is -2.37. The second-order valence-electron chi connectivity index (χ2n) is 6.57. The van der Waals surface area contributed by atoms with Crippen LogP contribution < -0.4 is 4.74 Å². The third-order valence-corrected chi connectivity index (χ3v) is 6.66. The second-order valence-corrected chi connectivity index (χ2v) is 8.55. The molecule has 2 aromatic heterocycles. The molecule has 26 heavy (non-hydrogen) atoms. The average Bonchev–Trinajstić information content (AvgIpc) is 3.33. The van der Waals surface area contributed by atoms with Gasteiger partial charge in [0.15, 0.2) is 6.10 Å². The van der Waals surface area contributed by atoms with Gasteiger partial charge in [-0.2, -0.15) is 0 Å². The molecule has 3 heterocycles. The van der Waals surface area contributed by atoms with E-state index in [-0.39, 0.29) is 11.9 Å². The molecule has 0 fully saturated rings. The Labute approximate surface area is 161 Å². The minimum atomic E-state index is -0.514. The van der Waals surface area contributed by atoms with E-state index in [1.54, 1.807) is 22.7 Å². The second kappa shape index (κ2) is 7.25. The number of nitrogens with zero attached hydrogens (tertiary/aromatic N) is 1. The molecule has 0 radical (unpaired) electrons. The van der Waals surface area contributed by atoms with Crippen molar-refractivity contribution < 1.29 is 9.53 Å². The van der Waals surface area contributed by atoms with Crippen molar-refractivity contribution in [3.05, 3.63) is 74.1 Å². The molecule has 2 atom stereocenters. The maximum Gasteiger partial charge on any atom is 0.264 e. The predicted octanol–water partition coefficient (Wildman–Crippen LogP) is 5.06. The van der Waals surface area contributed by atoms with Crippen LogP contribution in [0.1, 0.15) is 33.8 Å². The highest BCUT2D eigenvalue weighted by Crippen LogP contribution is 2.39. The minimum Gasteiger partial charge on any atom is -0.481 e. The van der Waals surface area contributed by atoms with Crippen molar-refractivity contribution in [1.82, 2.24) is 4.90 Å². The van der Waals surface area contributed by atoms with Gasteiger partial charge in [-0.3, -0.25) is 4.79 Å². The van der Waals surface area contributed by atoms with Gasteiger partial charge in [-0.15, -0.1) is 22.7 Å². The van der Waals surface area contributed by atoms with E-state index < -0.39 is 6.10 Å². The molecule has 0 N–H and O–H groups in total. The van der Waals surface area contributed by atoms with Crippen LogP contribution in [0.15, 0.2) is 53.2 Å². The van der Waals surface area contributed by atoms with Crippen LogP contribution in [-0.4, -0.2) is 23.5 Å². The molecular formula is C21H21NO2S2. The number of hydrogen-bond donors (Lipinski definition) is 0. The highest BCUT2D eigenvalue weighted by molar-refractivity contribution is 7.10. The molecule has 0 aliphatic carbocycles. The molecule has 1 aliphatic heterocycles. The Kier molecular flexibility index (Phi) is 4.83. The molecule has 4 rings (SSSR count). The summed E-state index contributed by atoms with van der Waals surface area (Å²) < 4.78 is 5.93. The van der Waals surface area contributed by atoms with Crippen LogP contribution in [0.3, 0.4) is 0 Å². The first-order chi connectivity index (χ1) is 12.6. The summed E-state index contributed by atoms with van der Waals surface area (Å²) in [6, 6.07) is 14.2. The quantitative estimate of drug-likeness (QED) is 0.630. The summed E-state index contributed by atoms with van der Waals surface area (Å²) in [6.07, 6.45) is 0.401. The van der Waals surface area contributed by atoms with E-state index in [1.165, 1.54) is 20.9 Å². The van der Waals surface area contributed by atoms with Crippen molar-refractivity contribution in [2.24, 2.45) is 0 Å². The number of amides is 1. The number of ether oxygens (including phenoxy) is 1. The molecule has 2 unspecified atom stereocenters. The van der Waals surface area contributed by atoms with Crippen LogP contribution in [0.25, 0.3) is 0 Å². The maximum absolute atomic E-state index is 13.2. The zero-order valence-corrected chi connectivity index (χ0v) is 16.5. The molecule has 5 heteroatoms. The van der Waals surface area contributed by atoms with Crippen LogP contribution in [-0.2, 0) is 11.2 Å². The Morgan fingerprint density at radius 1 is 1.15 bits per heavy atom. The van der Waals surface area contributed by atoms with Crippen LogP contribution in [0.5, 0.6) is 5.75 Å². The Morgan fingerprint density at radius 3 is 2.69 bits per heavy atom. The van der Waals surface area contributed by atoms with Crippen molar-refractivity contribution in [3.8, 4) is 5.75 Å². The Balaban J connectivity index is 1.58. The monoisotopic (exact) mass is 383 g/mol. The Bertz CT molecular complexity index is 883. The van der Waals surface area contributed by atoms with Gasteiger partial charge in [-0.1, -0.05) is 23.8 Å². The third kappa shape index (κ3) is 3.29. The molecule has 0 saturated carbocycles. The highest BCUT2D eigenvalue weighted by atomic mass is 32.1. The smallest absolute Gasteiger partial charge is 0.264 e. The Hall–Kier alpha value is -2.11. The molecular weight excluding hydrogens is 362 g/mol. The zero-order valence-electron chi connectivity index (χ0n) is 14.8. The molecule has 3 aromatic rings. The number of benzene rings is 1. The summed E-state index contributed by atoms with van der Waals surface area (Å²) >= 11 is 3.49. The van der Waals surface area contributed by atoms with E-state index in [1.807, 2.05) is 43.0 Å². The first-order valence-electron chi connectivity index (χ1n) is 8.77. The maximum atomic E-state index is 13.2. The van der Waals surface area contributed by atoms with Crippen molar-refractivity contribution in [3.63, 3.8) is 0 Å². The van der Waals surface area contributed by atoms with E-state index in [9.17, 15) is 4.79 Å². The van der Waals surface area contributed by atoms with Crippen molar-refractivity contribution in [2.45, 2.75) is 32.4 Å². The van der Waals surface area contributed by atoms with Gasteiger partial charge in [0.1, 0.15) is 5.75 Å². The predicted molar refractivity (Wildman–Crippen MR) is 107 cm³/mol. The molecule has 0 saturated heterocycles. The summed E-state index contributed by atoms with van der Waals surface area (Å²) in [7, 11) is 0. The molecule has 134 valence electrons. The van der Waals surface area contributed by atoms with Crippen LogP contribution >= 0.6 is 22.7 Å². The van der Waals surface area contributed by atoms with E-state index in [4.69, 9.17) is 4.74 Å². The summed E-state index contributed by atoms with van der Waals surface area (Å²) in [5.74, 6) is 0.776. The van der Waals surface area contributed by atoms with Crippen LogP contribution in [0, 0.1) is 6.92 Å². The normalized spacial score (nSPS) is 17.6. The number of thiophene rings is 2. The fraction of sp³-hybridized carbons (Fsp3) is 0.286. The number of fused-ring (bicyclic) bond motifs is 1. The molecule has 1 aromatic carbocycles. The van der Waals surface area contributed by atoms with E-state index >= 15 is 0 Å². The molecule has 0 spiro atoms. The molecule has 1 aliphatic rings. The summed E-state index contributed by atoms with van der Waals surface area (Å²) in [5, 5.41) is 4.20. The van der Waals surface area contributed by atoms with Gasteiger partial charge in [0.05, 0.1) is 6.04 Å². The SMILES string of the molecule is Cc1ccc(OC(C)C(=O)N2CCc3sccc3C2c2cccs2)cc1. The van der Waals surface area contributed by atoms with Gasteiger partial charge in [-0.25, -0.2) is 0 Å². The van der Waals surface area contributed by atoms with Crippen molar-refractivity contribution in [2.75, 3.05) is 6.54 Å². The number of carbonyl (C=O) groups is 1. The van der Waals surface area contributed by atoms with Gasteiger partial charge in [0.25, 0.3) is 5.91 Å². The summed E-state index contributed by atoms with van der Waals surface area (Å²) in [5.41, 5.74) is 2.44. The first-order valence-corrected chi connectivity index (χ1v) is 10.5. The Morgan fingerprint density at radius 2 is 1.96 bits per heavy atom. The standard InChI is InChI=1S/C21H21NO2S2/c1-14-5-7-16(8-6-14)24-15(2)21(23)22-11-9-18-17(10-13-26-18)20(22)19-4-3-12-25-19/h3-8,10,12-13,15,20H,9,11H2,1-2H3. The molecule has 0 bridgehead atoms. The van der Waals surface area contributed by atoms with Gasteiger partial charge in [0, 0.05) is 16.3 Å². The number of hydrogen-bond acceptors (Lipinski definition) is 4. The van der Waals surface area contributed by atoms with Crippen LogP contribution in [0.4, 0.5) is 0 Å². The molecule has 3 nitrogen and oxygen atoms in total. The van der Waals surface area contributed by atoms with Gasteiger partial charge < -0.3 is 9.64 Å². The summed E-state index contributed by atoms with van der Waals surface area (Å²) in [4.78, 5) is 17.8. The van der Waals surface area contributed by atoms with Gasteiger partial charge in [0.2, 0.25) is 0 Å². The fourth-order valence-corrected chi connectivity index (χ4v) is 5.17. The lowest BCUT2D eigenvalue weighted by Crippen LogP contribution is -2.45. The van der Waals surface area contributed by atoms with Crippen molar-refractivity contribution in [1.29, 1.82) is 0 Å². The van der Waals surface area contributed by atoms with Gasteiger partial charge in [-0.05, 0) is 60.9 Å². The number of aryl methyl sites for hydroxylation is 1. The average molecular weight is 384 g/mol. The minimum absolute atomic E-state index is 0.00145. The fourth-order valence-electron chi connectivity index (χ4n) is 3.41. The highest BCUT2D eigenvalue weighted by Gasteiger charge is 2.35.